The molecule has 7 heteroatoms. The Kier molecular flexibility index (Phi) is 4.46. The maximum atomic E-state index is 12.4. The molecule has 3 nitrogen and oxygen atoms in total. The third-order valence-electron chi connectivity index (χ3n) is 3.24. The molecule has 0 aliphatic carbocycles. The van der Waals surface area contributed by atoms with Crippen molar-refractivity contribution in [2.45, 2.75) is 18.3 Å². The third-order valence-corrected chi connectivity index (χ3v) is 4.36. The summed E-state index contributed by atoms with van der Waals surface area (Å²) in [5, 5.41) is 0. The predicted octanol–water partition coefficient (Wildman–Crippen LogP) is 4.10. The van der Waals surface area contributed by atoms with Crippen molar-refractivity contribution < 1.29 is 21.6 Å². The number of hydrogen-bond donors (Lipinski definition) is 1. The van der Waals surface area contributed by atoms with Gasteiger partial charge in [-0.15, -0.1) is 0 Å². The van der Waals surface area contributed by atoms with Crippen LogP contribution < -0.4 is 4.72 Å². The van der Waals surface area contributed by atoms with Crippen LogP contribution in [0, 0.1) is 0 Å². The van der Waals surface area contributed by atoms with Gasteiger partial charge in [0.1, 0.15) is 0 Å². The average Bonchev–Trinajstić information content (AvgIpc) is 2.46. The van der Waals surface area contributed by atoms with Gasteiger partial charge in [0.15, 0.2) is 0 Å². The normalized spacial score (nSPS) is 13.6. The predicted molar refractivity (Wildman–Crippen MR) is 79.0 cm³/mol. The average molecular weight is 329 g/mol. The highest BCUT2D eigenvalue weighted by Crippen LogP contribution is 2.29. The lowest BCUT2D eigenvalue weighted by Gasteiger charge is -2.15. The van der Waals surface area contributed by atoms with Gasteiger partial charge in [0.2, 0.25) is 0 Å². The van der Waals surface area contributed by atoms with Crippen LogP contribution in [0.1, 0.15) is 24.0 Å². The molecule has 2 rings (SSSR count). The largest absolute Gasteiger partial charge is 0.516 e. The highest BCUT2D eigenvalue weighted by molar-refractivity contribution is 7.93. The molecule has 2 aromatic rings. The van der Waals surface area contributed by atoms with E-state index in [1.807, 2.05) is 37.3 Å². The summed E-state index contributed by atoms with van der Waals surface area (Å²) in [6, 6.07) is 15.3. The van der Waals surface area contributed by atoms with Crippen molar-refractivity contribution in [3.05, 3.63) is 65.7 Å². The van der Waals surface area contributed by atoms with E-state index >= 15 is 0 Å². The lowest BCUT2D eigenvalue weighted by atomic mass is 9.93. The maximum absolute atomic E-state index is 12.4. The second-order valence-electron chi connectivity index (χ2n) is 4.81. The van der Waals surface area contributed by atoms with Gasteiger partial charge in [-0.2, -0.15) is 21.6 Å². The van der Waals surface area contributed by atoms with Crippen molar-refractivity contribution in [1.29, 1.82) is 0 Å². The molecule has 1 N–H and O–H groups in total. The molecule has 0 amide bonds. The van der Waals surface area contributed by atoms with Crippen LogP contribution in [0.5, 0.6) is 0 Å². The number of alkyl halides is 3. The van der Waals surface area contributed by atoms with E-state index in [1.54, 1.807) is 10.8 Å². The fraction of sp³-hybridized carbons (Fsp3) is 0.200. The van der Waals surface area contributed by atoms with Gasteiger partial charge in [0, 0.05) is 11.6 Å². The monoisotopic (exact) mass is 329 g/mol. The highest BCUT2D eigenvalue weighted by atomic mass is 32.2. The minimum atomic E-state index is -5.41. The van der Waals surface area contributed by atoms with E-state index in [-0.39, 0.29) is 11.6 Å². The lowest BCUT2D eigenvalue weighted by Crippen LogP contribution is -2.29. The van der Waals surface area contributed by atoms with Crippen molar-refractivity contribution in [1.82, 2.24) is 0 Å². The minimum Gasteiger partial charge on any atom is -0.276 e. The van der Waals surface area contributed by atoms with Crippen molar-refractivity contribution in [2.24, 2.45) is 0 Å². The van der Waals surface area contributed by atoms with Crippen LogP contribution in [0.15, 0.2) is 54.6 Å². The summed E-state index contributed by atoms with van der Waals surface area (Å²) in [4.78, 5) is 0. The first-order valence-electron chi connectivity index (χ1n) is 6.45. The molecule has 118 valence electrons. The van der Waals surface area contributed by atoms with Crippen molar-refractivity contribution in [3.63, 3.8) is 0 Å². The molecular weight excluding hydrogens is 315 g/mol. The van der Waals surface area contributed by atoms with Gasteiger partial charge in [-0.05, 0) is 23.3 Å². The number of rotatable bonds is 4. The second-order valence-corrected chi connectivity index (χ2v) is 6.48. The van der Waals surface area contributed by atoms with Gasteiger partial charge in [0.05, 0.1) is 0 Å². The third kappa shape index (κ3) is 3.59. The van der Waals surface area contributed by atoms with Crippen LogP contribution in [-0.4, -0.2) is 13.9 Å². The minimum absolute atomic E-state index is 0.0726. The molecule has 0 radical (unpaired) electrons. The summed E-state index contributed by atoms with van der Waals surface area (Å²) < 4.78 is 61.0. The molecule has 2 aromatic carbocycles. The number of nitrogens with one attached hydrogen (secondary N) is 1. The Morgan fingerprint density at radius 2 is 1.55 bits per heavy atom. The first-order chi connectivity index (χ1) is 10.2. The van der Waals surface area contributed by atoms with Gasteiger partial charge < -0.3 is 0 Å². The zero-order valence-corrected chi connectivity index (χ0v) is 12.4. The summed E-state index contributed by atoms with van der Waals surface area (Å²) in [6.07, 6.45) is 0. The second kappa shape index (κ2) is 6.00. The quantitative estimate of drug-likeness (QED) is 0.918. The van der Waals surface area contributed by atoms with E-state index in [1.165, 1.54) is 18.2 Å². The molecule has 0 spiro atoms. The lowest BCUT2D eigenvalue weighted by molar-refractivity contribution is -0.0429. The Hall–Kier alpha value is -2.02. The Morgan fingerprint density at radius 1 is 0.955 bits per heavy atom. The smallest absolute Gasteiger partial charge is 0.276 e. The van der Waals surface area contributed by atoms with E-state index in [4.69, 9.17) is 0 Å². The zero-order chi connectivity index (χ0) is 16.4. The Bertz CT molecular complexity index is 743. The van der Waals surface area contributed by atoms with E-state index < -0.39 is 15.5 Å². The molecular formula is C15H14F3NO2S. The summed E-state index contributed by atoms with van der Waals surface area (Å²) in [5.41, 5.74) is -3.75. The number of anilines is 1. The molecule has 0 aromatic heterocycles. The maximum Gasteiger partial charge on any atom is 0.516 e. The van der Waals surface area contributed by atoms with Gasteiger partial charge in [-0.25, -0.2) is 0 Å². The SMILES string of the molecule is C[C@H](c1ccccc1)c1cccc(NS(=O)(=O)C(F)(F)F)c1. The number of halogens is 3. The van der Waals surface area contributed by atoms with Crippen molar-refractivity contribution >= 4 is 15.7 Å². The van der Waals surface area contributed by atoms with Gasteiger partial charge in [0.25, 0.3) is 0 Å². The summed E-state index contributed by atoms with van der Waals surface area (Å²) in [5.74, 6) is -0.0726. The first kappa shape index (κ1) is 16.4. The van der Waals surface area contributed by atoms with Crippen molar-refractivity contribution in [2.75, 3.05) is 4.72 Å². The Morgan fingerprint density at radius 3 is 2.14 bits per heavy atom. The molecule has 0 heterocycles. The summed E-state index contributed by atoms with van der Waals surface area (Å²) in [6.45, 7) is 1.90. The van der Waals surface area contributed by atoms with Crippen LogP contribution in [0.2, 0.25) is 0 Å². The molecule has 0 bridgehead atoms. The van der Waals surface area contributed by atoms with Gasteiger partial charge >= 0.3 is 15.5 Å². The van der Waals surface area contributed by atoms with Crippen LogP contribution in [0.4, 0.5) is 18.9 Å². The first-order valence-corrected chi connectivity index (χ1v) is 7.93. The molecule has 0 aliphatic rings. The summed E-state index contributed by atoms with van der Waals surface area (Å²) in [7, 11) is -5.41. The zero-order valence-electron chi connectivity index (χ0n) is 11.6. The van der Waals surface area contributed by atoms with Crippen LogP contribution in [-0.2, 0) is 10.0 Å². The number of sulfonamides is 1. The molecule has 0 aliphatic heterocycles. The standard InChI is InChI=1S/C15H14F3NO2S/c1-11(12-6-3-2-4-7-12)13-8-5-9-14(10-13)19-22(20,21)15(16,17)18/h2-11,19H,1H3/t11-/m1/s1. The van der Waals surface area contributed by atoms with Crippen LogP contribution >= 0.6 is 0 Å². The molecule has 1 atom stereocenters. The molecule has 0 saturated heterocycles. The van der Waals surface area contributed by atoms with E-state index in [0.29, 0.717) is 5.56 Å². The van der Waals surface area contributed by atoms with Crippen molar-refractivity contribution in [3.8, 4) is 0 Å². The van der Waals surface area contributed by atoms with Crippen LogP contribution in [0.3, 0.4) is 0 Å². The highest BCUT2D eigenvalue weighted by Gasteiger charge is 2.46. The van der Waals surface area contributed by atoms with Crippen LogP contribution in [0.25, 0.3) is 0 Å². The fourth-order valence-electron chi connectivity index (χ4n) is 2.02. The van der Waals surface area contributed by atoms with E-state index in [9.17, 15) is 21.6 Å². The van der Waals surface area contributed by atoms with Gasteiger partial charge in [-0.3, -0.25) is 4.72 Å². The fourth-order valence-corrected chi connectivity index (χ4v) is 2.57. The number of benzene rings is 2. The van der Waals surface area contributed by atoms with Gasteiger partial charge in [-0.1, -0.05) is 49.4 Å². The molecule has 0 saturated carbocycles. The Balaban J connectivity index is 2.28. The van der Waals surface area contributed by atoms with E-state index in [0.717, 1.165) is 5.56 Å². The number of hydrogen-bond acceptors (Lipinski definition) is 2. The molecule has 22 heavy (non-hydrogen) atoms. The topological polar surface area (TPSA) is 46.2 Å². The molecule has 0 fully saturated rings. The van der Waals surface area contributed by atoms with E-state index in [2.05, 4.69) is 0 Å². The molecule has 0 unspecified atom stereocenters. The summed E-state index contributed by atoms with van der Waals surface area (Å²) >= 11 is 0. The Labute approximate surface area is 126 Å².